The van der Waals surface area contributed by atoms with Gasteiger partial charge in [0.25, 0.3) is 0 Å². The zero-order valence-electron chi connectivity index (χ0n) is 9.70. The molecule has 1 atom stereocenters. The van der Waals surface area contributed by atoms with Crippen molar-refractivity contribution < 1.29 is 8.42 Å². The minimum Gasteiger partial charge on any atom is -0.316 e. The first kappa shape index (κ1) is 12.9. The molecule has 5 heteroatoms. The first-order chi connectivity index (χ1) is 7.10. The number of sulfonamides is 1. The smallest absolute Gasteiger partial charge is 0.214 e. The summed E-state index contributed by atoms with van der Waals surface area (Å²) in [5.41, 5.74) is 0. The normalized spacial score (nSPS) is 24.3. The molecule has 1 aliphatic rings. The average Bonchev–Trinajstić information content (AvgIpc) is 2.26. The maximum Gasteiger partial charge on any atom is 0.214 e. The number of hydrogen-bond acceptors (Lipinski definition) is 3. The van der Waals surface area contributed by atoms with E-state index in [4.69, 9.17) is 0 Å². The van der Waals surface area contributed by atoms with Crippen LogP contribution in [0.2, 0.25) is 0 Å². The average molecular weight is 234 g/mol. The van der Waals surface area contributed by atoms with E-state index in [9.17, 15) is 8.42 Å². The molecule has 90 valence electrons. The van der Waals surface area contributed by atoms with Crippen LogP contribution in [0.4, 0.5) is 0 Å². The Balaban J connectivity index is 2.54. The standard InChI is InChI=1S/C10H22N2O2S/c1-3-4-8-15(13,14)12-7-5-6-10(9-12)11-2/h10-11H,3-9H2,1-2H3. The molecule has 0 aromatic rings. The van der Waals surface area contributed by atoms with Gasteiger partial charge in [-0.05, 0) is 26.3 Å². The summed E-state index contributed by atoms with van der Waals surface area (Å²) in [6.07, 6.45) is 3.75. The highest BCUT2D eigenvalue weighted by molar-refractivity contribution is 7.89. The summed E-state index contributed by atoms with van der Waals surface area (Å²) in [5, 5.41) is 3.16. The molecule has 0 aromatic heterocycles. The van der Waals surface area contributed by atoms with E-state index < -0.39 is 10.0 Å². The van der Waals surface area contributed by atoms with E-state index in [0.717, 1.165) is 25.7 Å². The van der Waals surface area contributed by atoms with Gasteiger partial charge in [-0.15, -0.1) is 0 Å². The van der Waals surface area contributed by atoms with Crippen molar-refractivity contribution in [2.24, 2.45) is 0 Å². The van der Waals surface area contributed by atoms with Crippen molar-refractivity contribution in [2.75, 3.05) is 25.9 Å². The minimum absolute atomic E-state index is 0.305. The molecule has 15 heavy (non-hydrogen) atoms. The van der Waals surface area contributed by atoms with Gasteiger partial charge in [0.1, 0.15) is 0 Å². The van der Waals surface area contributed by atoms with E-state index in [2.05, 4.69) is 5.32 Å². The van der Waals surface area contributed by atoms with Crippen LogP contribution in [0.15, 0.2) is 0 Å². The second kappa shape index (κ2) is 5.82. The minimum atomic E-state index is -3.00. The molecular formula is C10H22N2O2S. The van der Waals surface area contributed by atoms with Crippen molar-refractivity contribution >= 4 is 10.0 Å². The van der Waals surface area contributed by atoms with Crippen LogP contribution in [0, 0.1) is 0 Å². The van der Waals surface area contributed by atoms with E-state index in [1.165, 1.54) is 0 Å². The monoisotopic (exact) mass is 234 g/mol. The fraction of sp³-hybridized carbons (Fsp3) is 1.00. The number of likely N-dealkylation sites (N-methyl/N-ethyl adjacent to an activating group) is 1. The van der Waals surface area contributed by atoms with Crippen LogP contribution >= 0.6 is 0 Å². The summed E-state index contributed by atoms with van der Waals surface area (Å²) < 4.78 is 25.5. The van der Waals surface area contributed by atoms with Crippen LogP contribution < -0.4 is 5.32 Å². The van der Waals surface area contributed by atoms with Crippen molar-refractivity contribution in [1.29, 1.82) is 0 Å². The Morgan fingerprint density at radius 3 is 2.80 bits per heavy atom. The molecule has 4 nitrogen and oxygen atoms in total. The largest absolute Gasteiger partial charge is 0.316 e. The highest BCUT2D eigenvalue weighted by Gasteiger charge is 2.27. The van der Waals surface area contributed by atoms with Gasteiger partial charge in [0.15, 0.2) is 0 Å². The van der Waals surface area contributed by atoms with E-state index in [1.54, 1.807) is 4.31 Å². The first-order valence-corrected chi connectivity index (χ1v) is 7.36. The quantitative estimate of drug-likeness (QED) is 0.765. The Bertz CT molecular complexity index is 277. The molecule has 0 spiro atoms. The zero-order valence-corrected chi connectivity index (χ0v) is 10.5. The van der Waals surface area contributed by atoms with Crippen molar-refractivity contribution in [3.05, 3.63) is 0 Å². The van der Waals surface area contributed by atoms with E-state index in [0.29, 0.717) is 24.9 Å². The molecule has 1 N–H and O–H groups in total. The van der Waals surface area contributed by atoms with Gasteiger partial charge in [-0.1, -0.05) is 13.3 Å². The third kappa shape index (κ3) is 3.74. The molecule has 1 fully saturated rings. The predicted molar refractivity (Wildman–Crippen MR) is 62.3 cm³/mol. The highest BCUT2D eigenvalue weighted by atomic mass is 32.2. The third-order valence-electron chi connectivity index (χ3n) is 2.94. The van der Waals surface area contributed by atoms with E-state index in [1.807, 2.05) is 14.0 Å². The third-order valence-corrected chi connectivity index (χ3v) is 4.86. The van der Waals surface area contributed by atoms with Crippen LogP contribution in [-0.2, 0) is 10.0 Å². The first-order valence-electron chi connectivity index (χ1n) is 5.75. The SMILES string of the molecule is CCCCS(=O)(=O)N1CCCC(NC)C1. The number of nitrogens with zero attached hydrogens (tertiary/aromatic N) is 1. The van der Waals surface area contributed by atoms with Crippen LogP contribution in [0.5, 0.6) is 0 Å². The molecule has 0 bridgehead atoms. The topological polar surface area (TPSA) is 49.4 Å². The second-order valence-corrected chi connectivity index (χ2v) is 6.24. The summed E-state index contributed by atoms with van der Waals surface area (Å²) in [6, 6.07) is 0.329. The van der Waals surface area contributed by atoms with Gasteiger partial charge in [-0.3, -0.25) is 0 Å². The Labute approximate surface area is 93.1 Å². The van der Waals surface area contributed by atoms with Gasteiger partial charge in [-0.25, -0.2) is 12.7 Å². The lowest BCUT2D eigenvalue weighted by molar-refractivity contribution is 0.292. The summed E-state index contributed by atoms with van der Waals surface area (Å²) >= 11 is 0. The number of rotatable bonds is 5. The lowest BCUT2D eigenvalue weighted by Crippen LogP contribution is -2.47. The number of unbranched alkanes of at least 4 members (excludes halogenated alkanes) is 1. The molecule has 0 saturated carbocycles. The Morgan fingerprint density at radius 2 is 2.20 bits per heavy atom. The van der Waals surface area contributed by atoms with Crippen LogP contribution in [0.25, 0.3) is 0 Å². The molecule has 0 radical (unpaired) electrons. The van der Waals surface area contributed by atoms with Gasteiger partial charge in [0.05, 0.1) is 5.75 Å². The van der Waals surface area contributed by atoms with Crippen molar-refractivity contribution in [1.82, 2.24) is 9.62 Å². The van der Waals surface area contributed by atoms with Crippen molar-refractivity contribution in [2.45, 2.75) is 38.6 Å². The Morgan fingerprint density at radius 1 is 1.47 bits per heavy atom. The molecular weight excluding hydrogens is 212 g/mol. The summed E-state index contributed by atoms with van der Waals surface area (Å²) in [5.74, 6) is 0.305. The molecule has 0 aromatic carbocycles. The molecule has 1 heterocycles. The van der Waals surface area contributed by atoms with Gasteiger partial charge in [0, 0.05) is 19.1 Å². The van der Waals surface area contributed by atoms with Crippen molar-refractivity contribution in [3.8, 4) is 0 Å². The lowest BCUT2D eigenvalue weighted by Gasteiger charge is -2.31. The lowest BCUT2D eigenvalue weighted by atomic mass is 10.1. The Hall–Kier alpha value is -0.130. The maximum atomic E-state index is 11.9. The summed E-state index contributed by atoms with van der Waals surface area (Å²) in [7, 11) is -1.10. The number of nitrogens with one attached hydrogen (secondary N) is 1. The van der Waals surface area contributed by atoms with E-state index in [-0.39, 0.29) is 0 Å². The maximum absolute atomic E-state index is 11.9. The van der Waals surface area contributed by atoms with Crippen molar-refractivity contribution in [3.63, 3.8) is 0 Å². The molecule has 0 amide bonds. The van der Waals surface area contributed by atoms with Gasteiger partial charge in [0.2, 0.25) is 10.0 Å². The molecule has 1 aliphatic heterocycles. The fourth-order valence-electron chi connectivity index (χ4n) is 1.89. The van der Waals surface area contributed by atoms with Gasteiger partial charge < -0.3 is 5.32 Å². The summed E-state index contributed by atoms with van der Waals surface area (Å²) in [6.45, 7) is 3.36. The van der Waals surface area contributed by atoms with E-state index >= 15 is 0 Å². The predicted octanol–water partition coefficient (Wildman–Crippen LogP) is 0.800. The molecule has 1 unspecified atom stereocenters. The summed E-state index contributed by atoms with van der Waals surface area (Å²) in [4.78, 5) is 0. The van der Waals surface area contributed by atoms with Crippen LogP contribution in [-0.4, -0.2) is 44.7 Å². The number of piperidine rings is 1. The number of hydrogen-bond donors (Lipinski definition) is 1. The van der Waals surface area contributed by atoms with Crippen LogP contribution in [0.1, 0.15) is 32.6 Å². The molecule has 0 aliphatic carbocycles. The fourth-order valence-corrected chi connectivity index (χ4v) is 3.61. The second-order valence-electron chi connectivity index (χ2n) is 4.16. The molecule has 1 rings (SSSR count). The van der Waals surface area contributed by atoms with Gasteiger partial charge >= 0.3 is 0 Å². The zero-order chi connectivity index (χ0) is 11.3. The Kier molecular flexibility index (Phi) is 5.02. The molecule has 1 saturated heterocycles. The highest BCUT2D eigenvalue weighted by Crippen LogP contribution is 2.14. The van der Waals surface area contributed by atoms with Crippen LogP contribution in [0.3, 0.4) is 0 Å². The van der Waals surface area contributed by atoms with Gasteiger partial charge in [-0.2, -0.15) is 0 Å².